The highest BCUT2D eigenvalue weighted by atomic mass is 15.3. The summed E-state index contributed by atoms with van der Waals surface area (Å²) in [5.41, 5.74) is 7.40. The molecule has 1 atom stereocenters. The van der Waals surface area contributed by atoms with Gasteiger partial charge in [-0.1, -0.05) is 122 Å². The number of rotatable bonds is 7. The molecule has 3 aromatic rings. The van der Waals surface area contributed by atoms with Crippen LogP contribution >= 0.6 is 0 Å². The van der Waals surface area contributed by atoms with Crippen LogP contribution in [0.4, 0.5) is 0 Å². The molecule has 196 valence electrons. The highest BCUT2D eigenvalue weighted by Crippen LogP contribution is 2.41. The number of unbranched alkanes of at least 4 members (excludes halogenated alkanes) is 1. The SMILES string of the molecule is CC#Cc1ccccc1.CCCCN1CCC1(CC)/C(C)=C(\C)Cc1ccc(C)cc1.c1ccccc1. The standard InChI is InChI=1S/C21H33N.C9H8.C6H6/c1-6-8-14-22-15-13-21(22,7-2)19(5)18(4)16-20-11-9-17(3)10-12-20;1-2-6-9-7-4-3-5-8-9;1-2-4-6-5-3-1/h9-12H,6-8,13-16H2,1-5H3;3-5,7-8H,1H3;1-6H/b19-18+;;. The maximum Gasteiger partial charge on any atom is 0.0430 e. The fraction of sp³-hybridized carbons (Fsp3) is 0.389. The number of nitrogens with zero attached hydrogens (tertiary/aromatic N) is 1. The Hall–Kier alpha value is -3.08. The van der Waals surface area contributed by atoms with E-state index in [1.54, 1.807) is 11.1 Å². The minimum atomic E-state index is 0.351. The van der Waals surface area contributed by atoms with E-state index in [-0.39, 0.29) is 0 Å². The molecule has 3 aromatic carbocycles. The fourth-order valence-corrected chi connectivity index (χ4v) is 4.90. The predicted octanol–water partition coefficient (Wildman–Crippen LogP) is 9.27. The van der Waals surface area contributed by atoms with Crippen molar-refractivity contribution in [3.63, 3.8) is 0 Å². The van der Waals surface area contributed by atoms with Gasteiger partial charge >= 0.3 is 0 Å². The van der Waals surface area contributed by atoms with Gasteiger partial charge in [-0.05, 0) is 77.6 Å². The lowest BCUT2D eigenvalue weighted by atomic mass is 9.74. The maximum atomic E-state index is 2.96. The van der Waals surface area contributed by atoms with E-state index in [1.807, 2.05) is 73.7 Å². The van der Waals surface area contributed by atoms with E-state index in [4.69, 9.17) is 0 Å². The lowest BCUT2D eigenvalue weighted by molar-refractivity contribution is 0.0105. The van der Waals surface area contributed by atoms with Gasteiger partial charge in [-0.3, -0.25) is 4.90 Å². The molecule has 0 N–H and O–H groups in total. The Morgan fingerprint density at radius 1 is 0.838 bits per heavy atom. The summed E-state index contributed by atoms with van der Waals surface area (Å²) in [5.74, 6) is 5.79. The van der Waals surface area contributed by atoms with Gasteiger partial charge in [0.15, 0.2) is 0 Å². The number of benzene rings is 3. The average molecular weight is 494 g/mol. The Morgan fingerprint density at radius 2 is 1.41 bits per heavy atom. The molecule has 1 aliphatic rings. The molecule has 0 saturated carbocycles. The van der Waals surface area contributed by atoms with Crippen LogP contribution in [0.1, 0.15) is 77.0 Å². The zero-order valence-corrected chi connectivity index (χ0v) is 24.1. The molecule has 0 bridgehead atoms. The van der Waals surface area contributed by atoms with Crippen LogP contribution in [-0.2, 0) is 6.42 Å². The molecule has 1 heteroatoms. The van der Waals surface area contributed by atoms with Crippen LogP contribution < -0.4 is 0 Å². The molecule has 0 aliphatic carbocycles. The van der Waals surface area contributed by atoms with E-state index in [0.29, 0.717) is 5.54 Å². The van der Waals surface area contributed by atoms with E-state index in [2.05, 4.69) is 75.6 Å². The van der Waals surface area contributed by atoms with Gasteiger partial charge in [0, 0.05) is 17.6 Å². The maximum absolute atomic E-state index is 2.96. The van der Waals surface area contributed by atoms with Crippen LogP contribution in [0.25, 0.3) is 0 Å². The van der Waals surface area contributed by atoms with Crippen molar-refractivity contribution >= 4 is 0 Å². The number of aryl methyl sites for hydroxylation is 1. The van der Waals surface area contributed by atoms with Crippen LogP contribution in [0, 0.1) is 18.8 Å². The molecule has 1 saturated heterocycles. The van der Waals surface area contributed by atoms with Crippen molar-refractivity contribution in [1.82, 2.24) is 4.90 Å². The highest BCUT2D eigenvalue weighted by molar-refractivity contribution is 5.33. The van der Waals surface area contributed by atoms with Crippen LogP contribution in [0.15, 0.2) is 102 Å². The summed E-state index contributed by atoms with van der Waals surface area (Å²) in [7, 11) is 0. The minimum Gasteiger partial charge on any atom is -0.294 e. The Bertz CT molecular complexity index is 1070. The molecule has 1 unspecified atom stereocenters. The Morgan fingerprint density at radius 3 is 1.86 bits per heavy atom. The first kappa shape index (κ1) is 30.1. The number of allylic oxidation sites excluding steroid dienone is 1. The van der Waals surface area contributed by atoms with Crippen molar-refractivity contribution in [2.45, 2.75) is 79.2 Å². The van der Waals surface area contributed by atoms with Gasteiger partial charge in [0.1, 0.15) is 0 Å². The van der Waals surface area contributed by atoms with Gasteiger partial charge in [0.2, 0.25) is 0 Å². The fourth-order valence-electron chi connectivity index (χ4n) is 4.90. The minimum absolute atomic E-state index is 0.351. The largest absolute Gasteiger partial charge is 0.294 e. The second-order valence-electron chi connectivity index (χ2n) is 9.94. The summed E-state index contributed by atoms with van der Waals surface area (Å²) < 4.78 is 0. The van der Waals surface area contributed by atoms with Crippen LogP contribution in [-0.4, -0.2) is 23.5 Å². The third-order valence-corrected chi connectivity index (χ3v) is 7.40. The summed E-state index contributed by atoms with van der Waals surface area (Å²) in [5, 5.41) is 0. The first-order chi connectivity index (χ1) is 18.0. The quantitative estimate of drug-likeness (QED) is 0.234. The van der Waals surface area contributed by atoms with E-state index in [0.717, 1.165) is 12.0 Å². The number of hydrogen-bond acceptors (Lipinski definition) is 1. The average Bonchev–Trinajstić information content (AvgIpc) is 2.92. The molecule has 0 aromatic heterocycles. The van der Waals surface area contributed by atoms with Gasteiger partial charge in [0.25, 0.3) is 0 Å². The first-order valence-electron chi connectivity index (χ1n) is 13.9. The molecule has 0 spiro atoms. The second kappa shape index (κ2) is 16.6. The Balaban J connectivity index is 0.000000259. The van der Waals surface area contributed by atoms with E-state index < -0.39 is 0 Å². The van der Waals surface area contributed by atoms with Crippen molar-refractivity contribution in [2.24, 2.45) is 0 Å². The molecule has 37 heavy (non-hydrogen) atoms. The monoisotopic (exact) mass is 493 g/mol. The van der Waals surface area contributed by atoms with Crippen molar-refractivity contribution in [3.8, 4) is 11.8 Å². The molecular formula is C36H47N. The summed E-state index contributed by atoms with van der Waals surface area (Å²) in [6.45, 7) is 15.9. The normalized spacial score (nSPS) is 16.9. The van der Waals surface area contributed by atoms with Gasteiger partial charge in [0.05, 0.1) is 0 Å². The molecule has 1 fully saturated rings. The van der Waals surface area contributed by atoms with E-state index in [1.165, 1.54) is 49.9 Å². The lowest BCUT2D eigenvalue weighted by Crippen LogP contribution is -2.60. The number of hydrogen-bond donors (Lipinski definition) is 0. The summed E-state index contributed by atoms with van der Waals surface area (Å²) in [6.07, 6.45) is 6.29. The van der Waals surface area contributed by atoms with Crippen LogP contribution in [0.5, 0.6) is 0 Å². The van der Waals surface area contributed by atoms with Crippen molar-refractivity contribution in [3.05, 3.63) is 119 Å². The highest BCUT2D eigenvalue weighted by Gasteiger charge is 2.44. The summed E-state index contributed by atoms with van der Waals surface area (Å²) in [4.78, 5) is 2.73. The summed E-state index contributed by atoms with van der Waals surface area (Å²) in [6, 6.07) is 31.0. The first-order valence-corrected chi connectivity index (χ1v) is 13.9. The van der Waals surface area contributed by atoms with Crippen molar-refractivity contribution in [1.29, 1.82) is 0 Å². The third-order valence-electron chi connectivity index (χ3n) is 7.40. The van der Waals surface area contributed by atoms with E-state index >= 15 is 0 Å². The molecule has 1 nitrogen and oxygen atoms in total. The molecular weight excluding hydrogens is 446 g/mol. The molecule has 1 heterocycles. The van der Waals surface area contributed by atoms with E-state index in [9.17, 15) is 0 Å². The van der Waals surface area contributed by atoms with Crippen molar-refractivity contribution < 1.29 is 0 Å². The predicted molar refractivity (Wildman–Crippen MR) is 163 cm³/mol. The van der Waals surface area contributed by atoms with Gasteiger partial charge in [-0.15, -0.1) is 5.92 Å². The van der Waals surface area contributed by atoms with Crippen LogP contribution in [0.2, 0.25) is 0 Å². The molecule has 4 rings (SSSR count). The van der Waals surface area contributed by atoms with Crippen molar-refractivity contribution in [2.75, 3.05) is 13.1 Å². The van der Waals surface area contributed by atoms with Gasteiger partial charge < -0.3 is 0 Å². The van der Waals surface area contributed by atoms with Gasteiger partial charge in [-0.2, -0.15) is 0 Å². The molecule has 0 radical (unpaired) electrons. The topological polar surface area (TPSA) is 3.24 Å². The molecule has 1 aliphatic heterocycles. The lowest BCUT2D eigenvalue weighted by Gasteiger charge is -2.54. The smallest absolute Gasteiger partial charge is 0.0430 e. The Kier molecular flexibility index (Phi) is 13.5. The summed E-state index contributed by atoms with van der Waals surface area (Å²) >= 11 is 0. The zero-order chi connectivity index (χ0) is 26.9. The number of likely N-dealkylation sites (tertiary alicyclic amines) is 1. The zero-order valence-electron chi connectivity index (χ0n) is 24.1. The Labute approximate surface area is 227 Å². The third kappa shape index (κ3) is 9.71. The second-order valence-corrected chi connectivity index (χ2v) is 9.94. The van der Waals surface area contributed by atoms with Crippen LogP contribution in [0.3, 0.4) is 0 Å². The van der Waals surface area contributed by atoms with Gasteiger partial charge in [-0.25, -0.2) is 0 Å². The molecule has 0 amide bonds.